The van der Waals surface area contributed by atoms with Gasteiger partial charge in [-0.2, -0.15) is 5.26 Å². The van der Waals surface area contributed by atoms with Gasteiger partial charge in [-0.25, -0.2) is 0 Å². The zero-order chi connectivity index (χ0) is 11.4. The van der Waals surface area contributed by atoms with Crippen molar-refractivity contribution in [2.45, 2.75) is 18.9 Å². The summed E-state index contributed by atoms with van der Waals surface area (Å²) in [6, 6.07) is 10.4. The molecule has 1 aromatic rings. The first-order valence-electron chi connectivity index (χ1n) is 5.73. The number of anilines is 1. The second kappa shape index (κ2) is 5.00. The Kier molecular flexibility index (Phi) is 3.43. The van der Waals surface area contributed by atoms with Gasteiger partial charge in [0, 0.05) is 18.3 Å². The van der Waals surface area contributed by atoms with Crippen LogP contribution in [0.5, 0.6) is 0 Å². The van der Waals surface area contributed by atoms with Gasteiger partial charge in [-0.05, 0) is 44.6 Å². The first kappa shape index (κ1) is 11.0. The van der Waals surface area contributed by atoms with Crippen LogP contribution in [0.3, 0.4) is 0 Å². The summed E-state index contributed by atoms with van der Waals surface area (Å²) in [5.41, 5.74) is 1.77. The molecule has 0 saturated carbocycles. The zero-order valence-corrected chi connectivity index (χ0v) is 9.61. The lowest BCUT2D eigenvalue weighted by atomic mass is 10.1. The third-order valence-electron chi connectivity index (χ3n) is 2.99. The lowest BCUT2D eigenvalue weighted by Gasteiger charge is -2.30. The van der Waals surface area contributed by atoms with E-state index in [0.717, 1.165) is 12.2 Å². The first-order valence-corrected chi connectivity index (χ1v) is 5.73. The fraction of sp³-hybridized carbons (Fsp3) is 0.462. The Morgan fingerprint density at radius 3 is 3.12 bits per heavy atom. The van der Waals surface area contributed by atoms with Gasteiger partial charge >= 0.3 is 0 Å². The van der Waals surface area contributed by atoms with Gasteiger partial charge in [0.1, 0.15) is 0 Å². The molecule has 1 saturated heterocycles. The summed E-state index contributed by atoms with van der Waals surface area (Å²) in [5.74, 6) is 0. The molecular formula is C13H17N3. The molecule has 3 heteroatoms. The topological polar surface area (TPSA) is 39.1 Å². The second-order valence-electron chi connectivity index (χ2n) is 4.44. The molecule has 1 atom stereocenters. The molecule has 0 bridgehead atoms. The van der Waals surface area contributed by atoms with E-state index < -0.39 is 0 Å². The van der Waals surface area contributed by atoms with Gasteiger partial charge < -0.3 is 10.2 Å². The average molecular weight is 215 g/mol. The molecule has 0 amide bonds. The molecule has 3 nitrogen and oxygen atoms in total. The van der Waals surface area contributed by atoms with E-state index in [4.69, 9.17) is 5.26 Å². The molecular weight excluding hydrogens is 198 g/mol. The van der Waals surface area contributed by atoms with Gasteiger partial charge in [0.25, 0.3) is 0 Å². The van der Waals surface area contributed by atoms with E-state index in [9.17, 15) is 0 Å². The Balaban J connectivity index is 2.00. The number of benzene rings is 1. The van der Waals surface area contributed by atoms with E-state index in [2.05, 4.69) is 23.3 Å². The quantitative estimate of drug-likeness (QED) is 0.820. The summed E-state index contributed by atoms with van der Waals surface area (Å²) in [6.07, 6.45) is 2.45. The molecule has 1 aromatic carbocycles. The van der Waals surface area contributed by atoms with Gasteiger partial charge in [-0.3, -0.25) is 0 Å². The van der Waals surface area contributed by atoms with Crippen molar-refractivity contribution in [2.24, 2.45) is 0 Å². The number of likely N-dealkylation sites (tertiary alicyclic amines) is 1. The van der Waals surface area contributed by atoms with Crippen LogP contribution in [0, 0.1) is 11.3 Å². The molecule has 0 aromatic heterocycles. The van der Waals surface area contributed by atoms with Gasteiger partial charge in [0.15, 0.2) is 0 Å². The Bertz CT molecular complexity index is 394. The fourth-order valence-electron chi connectivity index (χ4n) is 2.20. The van der Waals surface area contributed by atoms with Crippen molar-refractivity contribution in [1.29, 1.82) is 5.26 Å². The normalized spacial score (nSPS) is 21.4. The van der Waals surface area contributed by atoms with E-state index in [1.807, 2.05) is 24.3 Å². The lowest BCUT2D eigenvalue weighted by molar-refractivity contribution is 0.261. The van der Waals surface area contributed by atoms with Crippen LogP contribution in [0.15, 0.2) is 24.3 Å². The highest BCUT2D eigenvalue weighted by Gasteiger charge is 2.16. The average Bonchev–Trinajstić information content (AvgIpc) is 2.29. The lowest BCUT2D eigenvalue weighted by Crippen LogP contribution is -2.39. The number of likely N-dealkylation sites (N-methyl/N-ethyl adjacent to an activating group) is 1. The van der Waals surface area contributed by atoms with E-state index >= 15 is 0 Å². The SMILES string of the molecule is CN1CCCC(Nc2cccc(C#N)c2)C1. The summed E-state index contributed by atoms with van der Waals surface area (Å²) in [6.45, 7) is 2.27. The summed E-state index contributed by atoms with van der Waals surface area (Å²) < 4.78 is 0. The van der Waals surface area contributed by atoms with E-state index in [1.54, 1.807) is 0 Å². The number of nitrogens with one attached hydrogen (secondary N) is 1. The maximum atomic E-state index is 8.82. The summed E-state index contributed by atoms with van der Waals surface area (Å²) in [4.78, 5) is 2.34. The Morgan fingerprint density at radius 1 is 1.50 bits per heavy atom. The predicted molar refractivity (Wildman–Crippen MR) is 65.3 cm³/mol. The van der Waals surface area contributed by atoms with Gasteiger partial charge in [0.05, 0.1) is 11.6 Å². The maximum Gasteiger partial charge on any atom is 0.0992 e. The van der Waals surface area contributed by atoms with Crippen molar-refractivity contribution in [3.05, 3.63) is 29.8 Å². The summed E-state index contributed by atoms with van der Waals surface area (Å²) in [5, 5.41) is 12.3. The number of nitriles is 1. The third-order valence-corrected chi connectivity index (χ3v) is 2.99. The van der Waals surface area contributed by atoms with Crippen molar-refractivity contribution in [1.82, 2.24) is 4.90 Å². The van der Waals surface area contributed by atoms with Gasteiger partial charge in [-0.1, -0.05) is 6.07 Å². The van der Waals surface area contributed by atoms with E-state index in [-0.39, 0.29) is 0 Å². The molecule has 1 heterocycles. The summed E-state index contributed by atoms with van der Waals surface area (Å²) in [7, 11) is 2.15. The van der Waals surface area contributed by atoms with Gasteiger partial charge in [-0.15, -0.1) is 0 Å². The standard InChI is InChI=1S/C13H17N3/c1-16-7-3-6-13(10-16)15-12-5-2-4-11(8-12)9-14/h2,4-5,8,13,15H,3,6-7,10H2,1H3. The Morgan fingerprint density at radius 2 is 2.38 bits per heavy atom. The highest BCUT2D eigenvalue weighted by molar-refractivity contribution is 5.49. The second-order valence-corrected chi connectivity index (χ2v) is 4.44. The largest absolute Gasteiger partial charge is 0.381 e. The van der Waals surface area contributed by atoms with E-state index in [0.29, 0.717) is 11.6 Å². The van der Waals surface area contributed by atoms with Crippen LogP contribution in [-0.2, 0) is 0 Å². The number of hydrogen-bond acceptors (Lipinski definition) is 3. The minimum absolute atomic E-state index is 0.507. The van der Waals surface area contributed by atoms with Crippen LogP contribution in [0.25, 0.3) is 0 Å². The van der Waals surface area contributed by atoms with Crippen molar-refractivity contribution < 1.29 is 0 Å². The van der Waals surface area contributed by atoms with Crippen LogP contribution in [0.1, 0.15) is 18.4 Å². The predicted octanol–water partition coefficient (Wildman–Crippen LogP) is 2.06. The molecule has 1 unspecified atom stereocenters. The molecule has 1 aliphatic rings. The number of hydrogen-bond donors (Lipinski definition) is 1. The zero-order valence-electron chi connectivity index (χ0n) is 9.61. The minimum Gasteiger partial charge on any atom is -0.381 e. The summed E-state index contributed by atoms with van der Waals surface area (Å²) >= 11 is 0. The molecule has 1 aliphatic heterocycles. The van der Waals surface area contributed by atoms with Crippen LogP contribution in [-0.4, -0.2) is 31.1 Å². The number of piperidine rings is 1. The van der Waals surface area contributed by atoms with Crippen LogP contribution >= 0.6 is 0 Å². The molecule has 0 spiro atoms. The van der Waals surface area contributed by atoms with Crippen LogP contribution < -0.4 is 5.32 Å². The van der Waals surface area contributed by atoms with Crippen molar-refractivity contribution >= 4 is 5.69 Å². The molecule has 84 valence electrons. The smallest absolute Gasteiger partial charge is 0.0992 e. The molecule has 0 radical (unpaired) electrons. The molecule has 0 aliphatic carbocycles. The third kappa shape index (κ3) is 2.74. The molecule has 2 rings (SSSR count). The van der Waals surface area contributed by atoms with Crippen molar-refractivity contribution in [3.8, 4) is 6.07 Å². The maximum absolute atomic E-state index is 8.82. The molecule has 1 fully saturated rings. The van der Waals surface area contributed by atoms with Crippen LogP contribution in [0.4, 0.5) is 5.69 Å². The highest BCUT2D eigenvalue weighted by atomic mass is 15.1. The van der Waals surface area contributed by atoms with Crippen molar-refractivity contribution in [3.63, 3.8) is 0 Å². The number of nitrogens with zero attached hydrogens (tertiary/aromatic N) is 2. The molecule has 1 N–H and O–H groups in total. The highest BCUT2D eigenvalue weighted by Crippen LogP contribution is 2.16. The number of rotatable bonds is 2. The Hall–Kier alpha value is -1.53. The van der Waals surface area contributed by atoms with E-state index in [1.165, 1.54) is 19.4 Å². The monoisotopic (exact) mass is 215 g/mol. The van der Waals surface area contributed by atoms with Gasteiger partial charge in [0.2, 0.25) is 0 Å². The fourth-order valence-corrected chi connectivity index (χ4v) is 2.20. The van der Waals surface area contributed by atoms with Crippen LogP contribution in [0.2, 0.25) is 0 Å². The van der Waals surface area contributed by atoms with Crippen molar-refractivity contribution in [2.75, 3.05) is 25.5 Å². The minimum atomic E-state index is 0.507. The molecule has 16 heavy (non-hydrogen) atoms. The Labute approximate surface area is 96.7 Å². The first-order chi connectivity index (χ1) is 7.78.